The maximum Gasteiger partial charge on any atom is 0.416 e. The van der Waals surface area contributed by atoms with E-state index in [0.29, 0.717) is 0 Å². The van der Waals surface area contributed by atoms with E-state index in [2.05, 4.69) is 5.32 Å². The van der Waals surface area contributed by atoms with Gasteiger partial charge in [-0.25, -0.2) is 0 Å². The molecule has 0 saturated heterocycles. The summed E-state index contributed by atoms with van der Waals surface area (Å²) in [6.45, 7) is -0.789. The van der Waals surface area contributed by atoms with Crippen LogP contribution in [-0.4, -0.2) is 28.1 Å². The number of halogens is 3. The predicted molar refractivity (Wildman–Crippen MR) is 60.3 cm³/mol. The summed E-state index contributed by atoms with van der Waals surface area (Å²) in [7, 11) is 0. The predicted octanol–water partition coefficient (Wildman–Crippen LogP) is 1.93. The van der Waals surface area contributed by atoms with Gasteiger partial charge in [-0.15, -0.1) is 0 Å². The van der Waals surface area contributed by atoms with Crippen LogP contribution in [0.1, 0.15) is 5.56 Å². The number of hydrogen-bond acceptors (Lipinski definition) is 6. The molecule has 2 N–H and O–H groups in total. The SMILES string of the molecule is O=[N+]([O-])c1cc(C(F)(F)F)cc([N+](=O)[O-])c1NCCO. The Morgan fingerprint density at radius 2 is 1.60 bits per heavy atom. The molecule has 11 heteroatoms. The minimum Gasteiger partial charge on any atom is -0.395 e. The van der Waals surface area contributed by atoms with Crippen molar-refractivity contribution in [2.45, 2.75) is 6.18 Å². The molecule has 1 aromatic rings. The summed E-state index contributed by atoms with van der Waals surface area (Å²) < 4.78 is 37.7. The first-order chi connectivity index (χ1) is 9.18. The van der Waals surface area contributed by atoms with E-state index < -0.39 is 45.3 Å². The Bertz CT molecular complexity index is 511. The second-order valence-electron chi connectivity index (χ2n) is 3.55. The monoisotopic (exact) mass is 295 g/mol. The third-order valence-electron chi connectivity index (χ3n) is 2.23. The quantitative estimate of drug-likeness (QED) is 0.632. The molecule has 0 aliphatic heterocycles. The molecular formula is C9H8F3N3O5. The van der Waals surface area contributed by atoms with Crippen LogP contribution >= 0.6 is 0 Å². The lowest BCUT2D eigenvalue weighted by atomic mass is 10.1. The highest BCUT2D eigenvalue weighted by atomic mass is 19.4. The molecule has 8 nitrogen and oxygen atoms in total. The normalized spacial score (nSPS) is 11.2. The first-order valence-electron chi connectivity index (χ1n) is 5.07. The second-order valence-corrected chi connectivity index (χ2v) is 3.55. The summed E-state index contributed by atoms with van der Waals surface area (Å²) in [6, 6.07) is 0.402. The highest BCUT2D eigenvalue weighted by Crippen LogP contribution is 2.40. The Hall–Kier alpha value is -2.43. The van der Waals surface area contributed by atoms with Crippen molar-refractivity contribution in [2.24, 2.45) is 0 Å². The zero-order chi connectivity index (χ0) is 15.5. The van der Waals surface area contributed by atoms with Gasteiger partial charge in [0.2, 0.25) is 0 Å². The molecule has 0 saturated carbocycles. The van der Waals surface area contributed by atoms with Gasteiger partial charge in [-0.1, -0.05) is 0 Å². The van der Waals surface area contributed by atoms with Crippen molar-refractivity contribution >= 4 is 17.1 Å². The van der Waals surface area contributed by atoms with Gasteiger partial charge in [-0.2, -0.15) is 13.2 Å². The van der Waals surface area contributed by atoms with E-state index in [0.717, 1.165) is 0 Å². The van der Waals surface area contributed by atoms with Crippen molar-refractivity contribution in [3.05, 3.63) is 37.9 Å². The number of aliphatic hydroxyl groups excluding tert-OH is 1. The molecule has 0 bridgehead atoms. The van der Waals surface area contributed by atoms with Gasteiger partial charge in [0.1, 0.15) is 0 Å². The first kappa shape index (κ1) is 15.6. The third kappa shape index (κ3) is 3.32. The molecule has 0 fully saturated rings. The molecule has 0 atom stereocenters. The van der Waals surface area contributed by atoms with Crippen LogP contribution < -0.4 is 5.32 Å². The van der Waals surface area contributed by atoms with Crippen LogP contribution in [0, 0.1) is 20.2 Å². The second kappa shape index (κ2) is 5.69. The van der Waals surface area contributed by atoms with Gasteiger partial charge in [0.05, 0.1) is 22.0 Å². The van der Waals surface area contributed by atoms with Crippen molar-refractivity contribution in [2.75, 3.05) is 18.5 Å². The van der Waals surface area contributed by atoms with Crippen molar-refractivity contribution in [3.63, 3.8) is 0 Å². The summed E-state index contributed by atoms with van der Waals surface area (Å²) in [5.41, 5.74) is -4.34. The average molecular weight is 295 g/mol. The number of nitro groups is 2. The Morgan fingerprint density at radius 3 is 1.90 bits per heavy atom. The topological polar surface area (TPSA) is 119 Å². The standard InChI is InChI=1S/C9H8F3N3O5/c10-9(11,12)5-3-6(14(17)18)8(13-1-2-16)7(4-5)15(19)20/h3-4,13,16H,1-2H2. The highest BCUT2D eigenvalue weighted by molar-refractivity contribution is 5.75. The van der Waals surface area contributed by atoms with Gasteiger partial charge < -0.3 is 10.4 Å². The van der Waals surface area contributed by atoms with Crippen LogP contribution in [0.5, 0.6) is 0 Å². The van der Waals surface area contributed by atoms with Gasteiger partial charge in [0.25, 0.3) is 11.4 Å². The number of hydrogen-bond donors (Lipinski definition) is 2. The number of nitrogens with one attached hydrogen (secondary N) is 1. The summed E-state index contributed by atoms with van der Waals surface area (Å²) in [5, 5.41) is 32.3. The molecule has 110 valence electrons. The molecule has 0 spiro atoms. The molecule has 0 aliphatic rings. The van der Waals surface area contributed by atoms with Crippen LogP contribution in [0.15, 0.2) is 12.1 Å². The fourth-order valence-corrected chi connectivity index (χ4v) is 1.43. The number of anilines is 1. The number of aliphatic hydroxyl groups is 1. The molecule has 0 amide bonds. The third-order valence-corrected chi connectivity index (χ3v) is 2.23. The molecule has 0 unspecified atom stereocenters. The van der Waals surface area contributed by atoms with E-state index in [-0.39, 0.29) is 18.7 Å². The molecule has 1 rings (SSSR count). The van der Waals surface area contributed by atoms with Crippen LogP contribution in [-0.2, 0) is 6.18 Å². The van der Waals surface area contributed by atoms with Gasteiger partial charge >= 0.3 is 6.18 Å². The fraction of sp³-hybridized carbons (Fsp3) is 0.333. The molecule has 0 heterocycles. The summed E-state index contributed by atoms with van der Waals surface area (Å²) in [4.78, 5) is 19.2. The van der Waals surface area contributed by atoms with Crippen LogP contribution in [0.3, 0.4) is 0 Å². The van der Waals surface area contributed by atoms with E-state index in [1.807, 2.05) is 0 Å². The van der Waals surface area contributed by atoms with E-state index >= 15 is 0 Å². The van der Waals surface area contributed by atoms with Crippen LogP contribution in [0.2, 0.25) is 0 Å². The lowest BCUT2D eigenvalue weighted by Crippen LogP contribution is -2.12. The minimum absolute atomic E-state index is 0.201. The Kier molecular flexibility index (Phi) is 4.45. The lowest BCUT2D eigenvalue weighted by molar-refractivity contribution is -0.392. The molecule has 0 aliphatic carbocycles. The number of benzene rings is 1. The molecule has 0 aromatic heterocycles. The molecule has 0 radical (unpaired) electrons. The zero-order valence-corrected chi connectivity index (χ0v) is 9.68. The summed E-state index contributed by atoms with van der Waals surface area (Å²) >= 11 is 0. The Labute approximate surface area is 109 Å². The van der Waals surface area contributed by atoms with Gasteiger partial charge in [0, 0.05) is 18.7 Å². The largest absolute Gasteiger partial charge is 0.416 e. The van der Waals surface area contributed by atoms with Crippen LogP contribution in [0.4, 0.5) is 30.2 Å². The Morgan fingerprint density at radius 1 is 1.15 bits per heavy atom. The number of rotatable bonds is 5. The summed E-state index contributed by atoms with van der Waals surface area (Å²) in [6.07, 6.45) is -4.95. The zero-order valence-electron chi connectivity index (χ0n) is 9.68. The van der Waals surface area contributed by atoms with Gasteiger partial charge in [0.15, 0.2) is 5.69 Å². The van der Waals surface area contributed by atoms with E-state index in [1.54, 1.807) is 0 Å². The average Bonchev–Trinajstić information content (AvgIpc) is 2.33. The molecule has 20 heavy (non-hydrogen) atoms. The smallest absolute Gasteiger partial charge is 0.395 e. The highest BCUT2D eigenvalue weighted by Gasteiger charge is 2.37. The van der Waals surface area contributed by atoms with Crippen LogP contribution in [0.25, 0.3) is 0 Å². The lowest BCUT2D eigenvalue weighted by Gasteiger charge is -2.10. The Balaban J connectivity index is 3.55. The summed E-state index contributed by atoms with van der Waals surface area (Å²) in [5.74, 6) is 0. The number of nitro benzene ring substituents is 2. The van der Waals surface area contributed by atoms with E-state index in [1.165, 1.54) is 0 Å². The van der Waals surface area contributed by atoms with Gasteiger partial charge in [-0.3, -0.25) is 20.2 Å². The van der Waals surface area contributed by atoms with Crippen molar-refractivity contribution < 1.29 is 28.1 Å². The number of alkyl halides is 3. The fourth-order valence-electron chi connectivity index (χ4n) is 1.43. The maximum absolute atomic E-state index is 12.6. The minimum atomic E-state index is -4.95. The van der Waals surface area contributed by atoms with E-state index in [9.17, 15) is 33.4 Å². The molecule has 1 aromatic carbocycles. The molecular weight excluding hydrogens is 287 g/mol. The van der Waals surface area contributed by atoms with Gasteiger partial charge in [-0.05, 0) is 0 Å². The maximum atomic E-state index is 12.6. The van der Waals surface area contributed by atoms with E-state index in [4.69, 9.17) is 5.11 Å². The number of nitrogens with zero attached hydrogens (tertiary/aromatic N) is 2. The van der Waals surface area contributed by atoms with Crippen molar-refractivity contribution in [1.29, 1.82) is 0 Å². The van der Waals surface area contributed by atoms with Crippen molar-refractivity contribution in [3.8, 4) is 0 Å². The van der Waals surface area contributed by atoms with Crippen molar-refractivity contribution in [1.82, 2.24) is 0 Å². The first-order valence-corrected chi connectivity index (χ1v) is 5.07.